The first kappa shape index (κ1) is 10.5. The molecule has 0 fully saturated rings. The summed E-state index contributed by atoms with van der Waals surface area (Å²) in [6.07, 6.45) is 0. The van der Waals surface area contributed by atoms with Gasteiger partial charge in [0, 0.05) is 12.6 Å². The Kier molecular flexibility index (Phi) is 2.66. The van der Waals surface area contributed by atoms with Gasteiger partial charge in [-0.1, -0.05) is 11.6 Å². The molecule has 1 unspecified atom stereocenters. The second-order valence-corrected chi connectivity index (χ2v) is 3.81. The fourth-order valence-corrected chi connectivity index (χ4v) is 1.75. The molecule has 0 amide bonds. The van der Waals surface area contributed by atoms with Gasteiger partial charge in [0.25, 0.3) is 0 Å². The highest BCUT2D eigenvalue weighted by Gasteiger charge is 2.28. The molecule has 1 aromatic rings. The molecule has 1 aromatic heterocycles. The molecule has 0 aliphatic carbocycles. The average molecular weight is 204 g/mol. The molecule has 0 saturated carbocycles. The lowest BCUT2D eigenvalue weighted by atomic mass is 9.95. The Morgan fingerprint density at radius 2 is 2.23 bits per heavy atom. The van der Waals surface area contributed by atoms with Crippen molar-refractivity contribution in [2.75, 3.05) is 6.61 Å². The van der Waals surface area contributed by atoms with Crippen molar-refractivity contribution in [1.82, 2.24) is 9.78 Å². The van der Waals surface area contributed by atoms with E-state index in [0.29, 0.717) is 10.7 Å². The van der Waals surface area contributed by atoms with Crippen molar-refractivity contribution >= 4 is 11.6 Å². The quantitative estimate of drug-likeness (QED) is 0.738. The summed E-state index contributed by atoms with van der Waals surface area (Å²) in [5, 5.41) is 13.7. The van der Waals surface area contributed by atoms with E-state index in [1.807, 2.05) is 6.92 Å². The molecule has 0 aromatic carbocycles. The molecule has 0 radical (unpaired) electrons. The van der Waals surface area contributed by atoms with Crippen molar-refractivity contribution in [2.24, 2.45) is 12.8 Å². The minimum atomic E-state index is -0.824. The first-order valence-electron chi connectivity index (χ1n) is 3.99. The Bertz CT molecular complexity index is 319. The molecule has 4 nitrogen and oxygen atoms in total. The summed E-state index contributed by atoms with van der Waals surface area (Å²) in [6.45, 7) is 3.39. The fourth-order valence-electron chi connectivity index (χ4n) is 1.36. The molecule has 0 aliphatic rings. The number of rotatable bonds is 2. The van der Waals surface area contributed by atoms with Gasteiger partial charge in [0.05, 0.1) is 17.8 Å². The highest BCUT2D eigenvalue weighted by molar-refractivity contribution is 6.30. The second kappa shape index (κ2) is 3.29. The number of nitrogens with two attached hydrogens (primary N) is 1. The van der Waals surface area contributed by atoms with Gasteiger partial charge in [-0.3, -0.25) is 4.68 Å². The Morgan fingerprint density at radius 1 is 1.69 bits per heavy atom. The lowest BCUT2D eigenvalue weighted by Crippen LogP contribution is -2.37. The van der Waals surface area contributed by atoms with E-state index in [1.165, 1.54) is 0 Å². The maximum absolute atomic E-state index is 9.08. The molecule has 0 aliphatic heterocycles. The van der Waals surface area contributed by atoms with Crippen LogP contribution >= 0.6 is 11.6 Å². The molecule has 1 rings (SSSR count). The summed E-state index contributed by atoms with van der Waals surface area (Å²) in [5.41, 5.74) is 6.50. The van der Waals surface area contributed by atoms with E-state index in [2.05, 4.69) is 5.10 Å². The highest BCUT2D eigenvalue weighted by atomic mass is 35.5. The van der Waals surface area contributed by atoms with E-state index >= 15 is 0 Å². The zero-order valence-corrected chi connectivity index (χ0v) is 8.76. The topological polar surface area (TPSA) is 64.1 Å². The number of hydrogen-bond acceptors (Lipinski definition) is 3. The van der Waals surface area contributed by atoms with Gasteiger partial charge >= 0.3 is 0 Å². The first-order valence-corrected chi connectivity index (χ1v) is 4.37. The van der Waals surface area contributed by atoms with Gasteiger partial charge in [-0.05, 0) is 13.8 Å². The average Bonchev–Trinajstić information content (AvgIpc) is 2.27. The summed E-state index contributed by atoms with van der Waals surface area (Å²) in [5.74, 6) is 0. The van der Waals surface area contributed by atoms with Gasteiger partial charge in [-0.2, -0.15) is 5.10 Å². The minimum Gasteiger partial charge on any atom is -0.394 e. The second-order valence-electron chi connectivity index (χ2n) is 3.45. The molecule has 1 heterocycles. The Morgan fingerprint density at radius 3 is 2.54 bits per heavy atom. The Labute approximate surface area is 82.3 Å². The van der Waals surface area contributed by atoms with Crippen LogP contribution in [0.4, 0.5) is 0 Å². The van der Waals surface area contributed by atoms with E-state index < -0.39 is 5.54 Å². The zero-order chi connectivity index (χ0) is 10.2. The lowest BCUT2D eigenvalue weighted by Gasteiger charge is -2.21. The molecule has 5 heteroatoms. The van der Waals surface area contributed by atoms with Crippen LogP contribution in [-0.2, 0) is 12.6 Å². The van der Waals surface area contributed by atoms with Gasteiger partial charge in [-0.25, -0.2) is 0 Å². The molecule has 13 heavy (non-hydrogen) atoms. The number of nitrogens with zero attached hydrogens (tertiary/aromatic N) is 2. The number of aliphatic hydroxyl groups is 1. The van der Waals surface area contributed by atoms with Crippen molar-refractivity contribution < 1.29 is 5.11 Å². The van der Waals surface area contributed by atoms with Gasteiger partial charge in [-0.15, -0.1) is 0 Å². The Balaban J connectivity index is 3.28. The molecule has 1 atom stereocenters. The number of aryl methyl sites for hydroxylation is 2. The molecular weight excluding hydrogens is 190 g/mol. The molecule has 0 bridgehead atoms. The number of aliphatic hydroxyl groups excluding tert-OH is 1. The van der Waals surface area contributed by atoms with Gasteiger partial charge < -0.3 is 10.8 Å². The first-order chi connectivity index (χ1) is 5.90. The third kappa shape index (κ3) is 1.70. The third-order valence-electron chi connectivity index (χ3n) is 2.05. The molecule has 0 saturated heterocycles. The van der Waals surface area contributed by atoms with Crippen LogP contribution in [0, 0.1) is 6.92 Å². The van der Waals surface area contributed by atoms with Crippen molar-refractivity contribution in [3.05, 3.63) is 16.4 Å². The summed E-state index contributed by atoms with van der Waals surface area (Å²) in [6, 6.07) is 0. The van der Waals surface area contributed by atoms with E-state index in [0.717, 1.165) is 5.69 Å². The van der Waals surface area contributed by atoms with Crippen LogP contribution in [0.15, 0.2) is 0 Å². The van der Waals surface area contributed by atoms with E-state index in [4.69, 9.17) is 22.4 Å². The van der Waals surface area contributed by atoms with Crippen LogP contribution < -0.4 is 5.73 Å². The molecular formula is C8H14ClN3O. The van der Waals surface area contributed by atoms with Crippen LogP contribution in [0.1, 0.15) is 18.2 Å². The van der Waals surface area contributed by atoms with Crippen LogP contribution in [0.2, 0.25) is 5.15 Å². The zero-order valence-electron chi connectivity index (χ0n) is 8.00. The van der Waals surface area contributed by atoms with E-state index in [9.17, 15) is 0 Å². The normalized spacial score (nSPS) is 15.8. The van der Waals surface area contributed by atoms with Gasteiger partial charge in [0.1, 0.15) is 5.15 Å². The maximum atomic E-state index is 9.08. The summed E-state index contributed by atoms with van der Waals surface area (Å²) in [4.78, 5) is 0. The van der Waals surface area contributed by atoms with Crippen LogP contribution in [0.25, 0.3) is 0 Å². The van der Waals surface area contributed by atoms with E-state index in [1.54, 1.807) is 18.7 Å². The van der Waals surface area contributed by atoms with Gasteiger partial charge in [0.2, 0.25) is 0 Å². The van der Waals surface area contributed by atoms with Crippen molar-refractivity contribution in [3.63, 3.8) is 0 Å². The molecule has 0 spiro atoms. The van der Waals surface area contributed by atoms with Crippen molar-refractivity contribution in [2.45, 2.75) is 19.4 Å². The maximum Gasteiger partial charge on any atom is 0.132 e. The number of aromatic nitrogens is 2. The van der Waals surface area contributed by atoms with Gasteiger partial charge in [0.15, 0.2) is 0 Å². The smallest absolute Gasteiger partial charge is 0.132 e. The van der Waals surface area contributed by atoms with E-state index in [-0.39, 0.29) is 6.61 Å². The number of halogens is 1. The largest absolute Gasteiger partial charge is 0.394 e. The SMILES string of the molecule is Cc1nn(C)c(Cl)c1C(C)(N)CO. The predicted molar refractivity (Wildman–Crippen MR) is 51.6 cm³/mol. The van der Waals surface area contributed by atoms with Crippen molar-refractivity contribution in [3.8, 4) is 0 Å². The van der Waals surface area contributed by atoms with Crippen LogP contribution in [0.3, 0.4) is 0 Å². The third-order valence-corrected chi connectivity index (χ3v) is 2.49. The highest BCUT2D eigenvalue weighted by Crippen LogP contribution is 2.28. The number of hydrogen-bond donors (Lipinski definition) is 2. The van der Waals surface area contributed by atoms with Crippen molar-refractivity contribution in [1.29, 1.82) is 0 Å². The summed E-state index contributed by atoms with van der Waals surface area (Å²) < 4.78 is 1.55. The van der Waals surface area contributed by atoms with Crippen LogP contribution in [-0.4, -0.2) is 21.5 Å². The predicted octanol–water partition coefficient (Wildman–Crippen LogP) is 0.548. The Hall–Kier alpha value is -0.580. The van der Waals surface area contributed by atoms with Crippen LogP contribution in [0.5, 0.6) is 0 Å². The summed E-state index contributed by atoms with van der Waals surface area (Å²) in [7, 11) is 1.74. The lowest BCUT2D eigenvalue weighted by molar-refractivity contribution is 0.209. The fraction of sp³-hybridized carbons (Fsp3) is 0.625. The minimum absolute atomic E-state index is 0.154. The monoisotopic (exact) mass is 203 g/mol. The summed E-state index contributed by atoms with van der Waals surface area (Å²) >= 11 is 5.99. The molecule has 3 N–H and O–H groups in total. The molecule has 74 valence electrons. The standard InChI is InChI=1S/C8H14ClN3O/c1-5-6(8(2,10)4-13)7(9)12(3)11-5/h13H,4,10H2,1-3H3.